The molecular formula is C20H16N6O. The van der Waals surface area contributed by atoms with Gasteiger partial charge in [0.2, 0.25) is 0 Å². The highest BCUT2D eigenvalue weighted by molar-refractivity contribution is 5.90. The molecule has 0 aliphatic heterocycles. The van der Waals surface area contributed by atoms with Crippen LogP contribution in [0, 0.1) is 13.8 Å². The van der Waals surface area contributed by atoms with Crippen LogP contribution in [0.25, 0.3) is 33.8 Å². The molecule has 0 radical (unpaired) electrons. The van der Waals surface area contributed by atoms with Gasteiger partial charge in [-0.05, 0) is 61.4 Å². The zero-order chi connectivity index (χ0) is 18.5. The third-order valence-corrected chi connectivity index (χ3v) is 4.77. The van der Waals surface area contributed by atoms with Gasteiger partial charge >= 0.3 is 0 Å². The summed E-state index contributed by atoms with van der Waals surface area (Å²) in [7, 11) is 0. The predicted molar refractivity (Wildman–Crippen MR) is 102 cm³/mol. The highest BCUT2D eigenvalue weighted by Crippen LogP contribution is 2.24. The lowest BCUT2D eigenvalue weighted by Crippen LogP contribution is -1.99. The first-order chi connectivity index (χ1) is 13.1. The molecular weight excluding hydrogens is 340 g/mol. The molecule has 3 aromatic heterocycles. The van der Waals surface area contributed by atoms with Crippen molar-refractivity contribution in [2.75, 3.05) is 0 Å². The van der Waals surface area contributed by atoms with Gasteiger partial charge in [0.15, 0.2) is 17.1 Å². The van der Waals surface area contributed by atoms with Gasteiger partial charge in [-0.3, -0.25) is 0 Å². The number of nitrogens with zero attached hydrogens (tertiary/aromatic N) is 6. The number of fused-ring (bicyclic) bond motifs is 3. The maximum Gasteiger partial charge on any atom is 0.182 e. The molecule has 1 N–H and O–H groups in total. The zero-order valence-corrected chi connectivity index (χ0v) is 14.8. The molecule has 2 aromatic carbocycles. The van der Waals surface area contributed by atoms with Crippen molar-refractivity contribution in [3.05, 3.63) is 66.1 Å². The molecule has 132 valence electrons. The van der Waals surface area contributed by atoms with Gasteiger partial charge in [-0.15, -0.1) is 5.10 Å². The summed E-state index contributed by atoms with van der Waals surface area (Å²) >= 11 is 0. The maximum absolute atomic E-state index is 9.47. The van der Waals surface area contributed by atoms with E-state index in [-0.39, 0.29) is 5.75 Å². The Bertz CT molecular complexity index is 1300. The van der Waals surface area contributed by atoms with E-state index in [2.05, 4.69) is 46.1 Å². The van der Waals surface area contributed by atoms with Crippen LogP contribution in [0.5, 0.6) is 5.75 Å². The molecule has 0 atom stereocenters. The standard InChI is InChI=1S/C20H16N6O/c1-12-3-6-15(9-13(12)2)26-19-17(10-22-26)20-23-18(24-25(20)11-21-19)14-4-7-16(27)8-5-14/h3-11,27H,1-2H3. The second-order valence-corrected chi connectivity index (χ2v) is 6.56. The number of phenols is 1. The largest absolute Gasteiger partial charge is 0.508 e. The summed E-state index contributed by atoms with van der Waals surface area (Å²) in [4.78, 5) is 9.20. The lowest BCUT2D eigenvalue weighted by Gasteiger charge is -2.06. The van der Waals surface area contributed by atoms with Gasteiger partial charge in [-0.25, -0.2) is 19.2 Å². The maximum atomic E-state index is 9.47. The Morgan fingerprint density at radius 3 is 2.52 bits per heavy atom. The molecule has 7 nitrogen and oxygen atoms in total. The van der Waals surface area contributed by atoms with E-state index < -0.39 is 0 Å². The Kier molecular flexibility index (Phi) is 3.24. The minimum absolute atomic E-state index is 0.209. The van der Waals surface area contributed by atoms with E-state index in [9.17, 15) is 5.11 Å². The normalized spacial score (nSPS) is 11.5. The van der Waals surface area contributed by atoms with Crippen LogP contribution in [0.15, 0.2) is 55.0 Å². The summed E-state index contributed by atoms with van der Waals surface area (Å²) < 4.78 is 3.47. The second-order valence-electron chi connectivity index (χ2n) is 6.56. The van der Waals surface area contributed by atoms with Crippen molar-refractivity contribution in [3.63, 3.8) is 0 Å². The number of aromatic hydroxyl groups is 1. The van der Waals surface area contributed by atoms with Crippen molar-refractivity contribution < 1.29 is 5.11 Å². The highest BCUT2D eigenvalue weighted by atomic mass is 16.3. The van der Waals surface area contributed by atoms with Crippen LogP contribution < -0.4 is 0 Å². The van der Waals surface area contributed by atoms with Gasteiger partial charge in [0, 0.05) is 5.56 Å². The first kappa shape index (κ1) is 15.5. The lowest BCUT2D eigenvalue weighted by atomic mass is 10.1. The van der Waals surface area contributed by atoms with Crippen LogP contribution in [0.3, 0.4) is 0 Å². The van der Waals surface area contributed by atoms with Crippen LogP contribution in [0.4, 0.5) is 0 Å². The summed E-state index contributed by atoms with van der Waals surface area (Å²) in [6.07, 6.45) is 3.41. The van der Waals surface area contributed by atoms with E-state index in [1.54, 1.807) is 41.3 Å². The number of benzene rings is 2. The average molecular weight is 356 g/mol. The van der Waals surface area contributed by atoms with E-state index in [1.807, 2.05) is 10.7 Å². The van der Waals surface area contributed by atoms with Crippen molar-refractivity contribution in [3.8, 4) is 22.8 Å². The molecule has 0 amide bonds. The Hall–Kier alpha value is -3.74. The molecule has 0 bridgehead atoms. The SMILES string of the molecule is Cc1ccc(-n2ncc3c2ncn2nc(-c4ccc(O)cc4)nc32)cc1C. The second kappa shape index (κ2) is 5.63. The molecule has 0 aliphatic carbocycles. The molecule has 0 fully saturated rings. The zero-order valence-electron chi connectivity index (χ0n) is 14.8. The van der Waals surface area contributed by atoms with E-state index in [0.717, 1.165) is 22.3 Å². The van der Waals surface area contributed by atoms with Crippen LogP contribution >= 0.6 is 0 Å². The average Bonchev–Trinajstić information content (AvgIpc) is 3.28. The van der Waals surface area contributed by atoms with Gasteiger partial charge in [0.05, 0.1) is 17.3 Å². The third-order valence-electron chi connectivity index (χ3n) is 4.77. The number of hydrogen-bond acceptors (Lipinski definition) is 5. The molecule has 27 heavy (non-hydrogen) atoms. The van der Waals surface area contributed by atoms with Crippen LogP contribution in [0.1, 0.15) is 11.1 Å². The first-order valence-corrected chi connectivity index (χ1v) is 8.56. The van der Waals surface area contributed by atoms with E-state index in [1.165, 1.54) is 11.1 Å². The van der Waals surface area contributed by atoms with Gasteiger partial charge in [0.1, 0.15) is 12.1 Å². The molecule has 0 spiro atoms. The number of rotatable bonds is 2. The molecule has 5 rings (SSSR count). The predicted octanol–water partition coefficient (Wildman–Crippen LogP) is 3.45. The van der Waals surface area contributed by atoms with Crippen molar-refractivity contribution in [1.82, 2.24) is 29.4 Å². The number of hydrogen-bond donors (Lipinski definition) is 1. The highest BCUT2D eigenvalue weighted by Gasteiger charge is 2.14. The van der Waals surface area contributed by atoms with Crippen molar-refractivity contribution in [2.24, 2.45) is 0 Å². The molecule has 5 aromatic rings. The van der Waals surface area contributed by atoms with Gasteiger partial charge < -0.3 is 5.11 Å². The van der Waals surface area contributed by atoms with Crippen LogP contribution in [-0.2, 0) is 0 Å². The van der Waals surface area contributed by atoms with E-state index >= 15 is 0 Å². The smallest absolute Gasteiger partial charge is 0.182 e. The fourth-order valence-electron chi connectivity index (χ4n) is 3.10. The minimum atomic E-state index is 0.209. The number of phenolic OH excluding ortho intramolecular Hbond substituents is 1. The molecule has 3 heterocycles. The summed E-state index contributed by atoms with van der Waals surface area (Å²) in [5.74, 6) is 0.782. The Morgan fingerprint density at radius 2 is 1.74 bits per heavy atom. The Balaban J connectivity index is 1.68. The quantitative estimate of drug-likeness (QED) is 0.524. The van der Waals surface area contributed by atoms with Gasteiger partial charge in [-0.1, -0.05) is 6.07 Å². The summed E-state index contributed by atoms with van der Waals surface area (Å²) in [6.45, 7) is 4.17. The van der Waals surface area contributed by atoms with E-state index in [4.69, 9.17) is 0 Å². The molecule has 0 saturated carbocycles. The topological polar surface area (TPSA) is 81.1 Å². The Labute approximate surface area is 154 Å². The van der Waals surface area contributed by atoms with Gasteiger partial charge in [0.25, 0.3) is 0 Å². The monoisotopic (exact) mass is 356 g/mol. The van der Waals surface area contributed by atoms with Crippen LogP contribution in [0.2, 0.25) is 0 Å². The summed E-state index contributed by atoms with van der Waals surface area (Å²) in [5, 5.41) is 19.3. The summed E-state index contributed by atoms with van der Waals surface area (Å²) in [6, 6.07) is 13.0. The molecule has 7 heteroatoms. The van der Waals surface area contributed by atoms with Crippen molar-refractivity contribution >= 4 is 16.7 Å². The molecule has 0 saturated heterocycles. The van der Waals surface area contributed by atoms with Crippen molar-refractivity contribution in [1.29, 1.82) is 0 Å². The first-order valence-electron chi connectivity index (χ1n) is 8.56. The summed E-state index contributed by atoms with van der Waals surface area (Å²) in [5.41, 5.74) is 5.65. The molecule has 0 aliphatic rings. The van der Waals surface area contributed by atoms with Gasteiger partial charge in [-0.2, -0.15) is 5.10 Å². The molecule has 0 unspecified atom stereocenters. The minimum Gasteiger partial charge on any atom is -0.508 e. The lowest BCUT2D eigenvalue weighted by molar-refractivity contribution is 0.475. The fraction of sp³-hybridized carbons (Fsp3) is 0.100. The van der Waals surface area contributed by atoms with Crippen LogP contribution in [-0.4, -0.2) is 34.5 Å². The number of aryl methyl sites for hydroxylation is 2. The Morgan fingerprint density at radius 1 is 0.926 bits per heavy atom. The third kappa shape index (κ3) is 2.43. The number of aromatic nitrogens is 6. The fourth-order valence-corrected chi connectivity index (χ4v) is 3.10. The van der Waals surface area contributed by atoms with E-state index in [0.29, 0.717) is 11.5 Å². The van der Waals surface area contributed by atoms with Crippen molar-refractivity contribution in [2.45, 2.75) is 13.8 Å².